The molecule has 1 aromatic carbocycles. The summed E-state index contributed by atoms with van der Waals surface area (Å²) in [5.41, 5.74) is 1.25. The Labute approximate surface area is 170 Å². The van der Waals surface area contributed by atoms with E-state index in [-0.39, 0.29) is 0 Å². The van der Waals surface area contributed by atoms with Crippen molar-refractivity contribution in [2.45, 2.75) is 79.2 Å². The molecule has 0 aliphatic carbocycles. The quantitative estimate of drug-likeness (QED) is 0.331. The monoisotopic (exact) mass is 478 g/mol. The van der Waals surface area contributed by atoms with Gasteiger partial charge in [0.15, 0.2) is 0 Å². The van der Waals surface area contributed by atoms with Crippen LogP contribution >= 0.6 is 0 Å². The van der Waals surface area contributed by atoms with Crippen molar-refractivity contribution in [3.8, 4) is 5.75 Å². The number of nitrogens with zero attached hydrogens (tertiary/aromatic N) is 2. The molecule has 0 saturated heterocycles. The van der Waals surface area contributed by atoms with Gasteiger partial charge in [-0.2, -0.15) is 0 Å². The van der Waals surface area contributed by atoms with Crippen LogP contribution in [0.4, 0.5) is 0 Å². The first-order valence-corrected chi connectivity index (χ1v) is 18.3. The number of hydrogen-bond acceptors (Lipinski definition) is 2. The molecule has 3 nitrogen and oxygen atoms in total. The molecule has 1 aromatic heterocycles. The molecule has 0 amide bonds. The Balaban J connectivity index is 2.36. The molecular formula is C23H38N2OSn. The normalized spacial score (nSPS) is 11.7. The Bertz CT molecular complexity index is 633. The van der Waals surface area contributed by atoms with Gasteiger partial charge in [0.25, 0.3) is 0 Å². The first kappa shape index (κ1) is 22.3. The number of hydrogen-bond donors (Lipinski definition) is 0. The van der Waals surface area contributed by atoms with Gasteiger partial charge in [0.1, 0.15) is 0 Å². The summed E-state index contributed by atoms with van der Waals surface area (Å²) in [6.45, 7) is 7.84. The summed E-state index contributed by atoms with van der Waals surface area (Å²) < 4.78 is 14.1. The Morgan fingerprint density at radius 2 is 1.59 bits per heavy atom. The number of unbranched alkanes of at least 4 members (excludes halogenated alkanes) is 3. The summed E-state index contributed by atoms with van der Waals surface area (Å²) in [4.78, 5) is 4.16. The molecule has 27 heavy (non-hydrogen) atoms. The molecule has 0 spiro atoms. The van der Waals surface area contributed by atoms with E-state index < -0.39 is 18.4 Å². The summed E-state index contributed by atoms with van der Waals surface area (Å²) in [5, 5.41) is 0. The number of ether oxygens (including phenoxy) is 1. The Hall–Kier alpha value is -0.971. The summed E-state index contributed by atoms with van der Waals surface area (Å²) in [6, 6.07) is 7.21. The van der Waals surface area contributed by atoms with Gasteiger partial charge in [0, 0.05) is 0 Å². The standard InChI is InChI=1S/C11H11N2O.3C4H9.Sn/c1-14-11-5-3-2-4-10(11)8-13-7-6-12-9-13;3*1-3-4-2;/h2,4-7,9H,8H2,1H3;3*1,3-4H2,2H3;. The molecule has 0 radical (unpaired) electrons. The van der Waals surface area contributed by atoms with Crippen molar-refractivity contribution >= 4 is 22.0 Å². The molecular weight excluding hydrogens is 439 g/mol. The van der Waals surface area contributed by atoms with E-state index in [1.165, 1.54) is 57.4 Å². The molecule has 0 saturated carbocycles. The SMILES string of the molecule is CCC[CH2][Sn]([CH2]CCC)([CH2]CCC)[c]1ccc(Cn2ccnc2)c(OC)c1. The molecule has 1 heterocycles. The zero-order valence-electron chi connectivity index (χ0n) is 17.8. The summed E-state index contributed by atoms with van der Waals surface area (Å²) in [5.74, 6) is 1.06. The Morgan fingerprint density at radius 3 is 2.07 bits per heavy atom. The summed E-state index contributed by atoms with van der Waals surface area (Å²) in [7, 11) is 1.82. The van der Waals surface area contributed by atoms with Crippen molar-refractivity contribution in [1.29, 1.82) is 0 Å². The zero-order valence-corrected chi connectivity index (χ0v) is 20.7. The first-order chi connectivity index (χ1) is 13.2. The van der Waals surface area contributed by atoms with Crippen molar-refractivity contribution in [3.63, 3.8) is 0 Å². The zero-order chi connectivity index (χ0) is 19.5. The fourth-order valence-electron chi connectivity index (χ4n) is 4.14. The molecule has 0 atom stereocenters. The first-order valence-electron chi connectivity index (χ1n) is 10.8. The predicted molar refractivity (Wildman–Crippen MR) is 119 cm³/mol. The molecule has 0 aliphatic heterocycles. The summed E-state index contributed by atoms with van der Waals surface area (Å²) in [6.07, 6.45) is 13.8. The fraction of sp³-hybridized carbons (Fsp3) is 0.609. The van der Waals surface area contributed by atoms with E-state index in [1.807, 2.05) is 25.8 Å². The van der Waals surface area contributed by atoms with Crippen molar-refractivity contribution < 1.29 is 4.74 Å². The Kier molecular flexibility index (Phi) is 9.74. The topological polar surface area (TPSA) is 27.1 Å². The van der Waals surface area contributed by atoms with Gasteiger partial charge in [0.2, 0.25) is 0 Å². The predicted octanol–water partition coefficient (Wildman–Crippen LogP) is 6.00. The van der Waals surface area contributed by atoms with Crippen LogP contribution in [0.3, 0.4) is 0 Å². The molecule has 0 aliphatic rings. The third kappa shape index (κ3) is 6.26. The third-order valence-electron chi connectivity index (χ3n) is 5.84. The summed E-state index contributed by atoms with van der Waals surface area (Å²) >= 11 is -2.39. The van der Waals surface area contributed by atoms with Crippen LogP contribution in [-0.2, 0) is 6.54 Å². The van der Waals surface area contributed by atoms with Gasteiger partial charge in [-0.1, -0.05) is 0 Å². The van der Waals surface area contributed by atoms with Crippen molar-refractivity contribution in [3.05, 3.63) is 42.5 Å². The van der Waals surface area contributed by atoms with Crippen LogP contribution < -0.4 is 8.32 Å². The second-order valence-corrected chi connectivity index (χ2v) is 21.1. The third-order valence-corrected chi connectivity index (χ3v) is 21.4. The van der Waals surface area contributed by atoms with E-state index in [1.54, 1.807) is 3.58 Å². The number of benzene rings is 1. The maximum absolute atomic E-state index is 5.84. The van der Waals surface area contributed by atoms with E-state index in [4.69, 9.17) is 4.74 Å². The number of aromatic nitrogens is 2. The minimum absolute atomic E-state index is 0.824. The molecule has 4 heteroatoms. The molecule has 2 rings (SSSR count). The number of imidazole rings is 1. The van der Waals surface area contributed by atoms with Crippen LogP contribution in [0.5, 0.6) is 5.75 Å². The maximum atomic E-state index is 5.84. The van der Waals surface area contributed by atoms with Gasteiger partial charge >= 0.3 is 171 Å². The van der Waals surface area contributed by atoms with Crippen LogP contribution in [-0.4, -0.2) is 35.0 Å². The van der Waals surface area contributed by atoms with E-state index in [2.05, 4.69) is 48.5 Å². The van der Waals surface area contributed by atoms with Gasteiger partial charge in [-0.3, -0.25) is 0 Å². The van der Waals surface area contributed by atoms with Crippen molar-refractivity contribution in [1.82, 2.24) is 9.55 Å². The second kappa shape index (κ2) is 11.8. The average Bonchev–Trinajstić information content (AvgIpc) is 3.21. The van der Waals surface area contributed by atoms with E-state index in [0.29, 0.717) is 0 Å². The van der Waals surface area contributed by atoms with Gasteiger partial charge in [-0.05, 0) is 0 Å². The molecule has 2 aromatic rings. The van der Waals surface area contributed by atoms with E-state index in [9.17, 15) is 0 Å². The minimum atomic E-state index is -2.39. The van der Waals surface area contributed by atoms with Crippen LogP contribution in [0.15, 0.2) is 36.9 Å². The van der Waals surface area contributed by atoms with Gasteiger partial charge in [-0.15, -0.1) is 0 Å². The van der Waals surface area contributed by atoms with E-state index in [0.717, 1.165) is 12.3 Å². The second-order valence-electron chi connectivity index (χ2n) is 7.85. The Morgan fingerprint density at radius 1 is 0.963 bits per heavy atom. The molecule has 0 fully saturated rings. The van der Waals surface area contributed by atoms with Gasteiger partial charge in [-0.25, -0.2) is 0 Å². The molecule has 0 N–H and O–H groups in total. The molecule has 150 valence electrons. The fourth-order valence-corrected chi connectivity index (χ4v) is 20.1. The number of rotatable bonds is 13. The van der Waals surface area contributed by atoms with Crippen LogP contribution in [0.25, 0.3) is 0 Å². The number of methoxy groups -OCH3 is 1. The average molecular weight is 477 g/mol. The van der Waals surface area contributed by atoms with E-state index >= 15 is 0 Å². The van der Waals surface area contributed by atoms with Crippen LogP contribution in [0.2, 0.25) is 13.3 Å². The molecule has 0 unspecified atom stereocenters. The van der Waals surface area contributed by atoms with Gasteiger partial charge < -0.3 is 0 Å². The van der Waals surface area contributed by atoms with Crippen LogP contribution in [0, 0.1) is 0 Å². The van der Waals surface area contributed by atoms with Crippen molar-refractivity contribution in [2.24, 2.45) is 0 Å². The van der Waals surface area contributed by atoms with Crippen molar-refractivity contribution in [2.75, 3.05) is 7.11 Å². The van der Waals surface area contributed by atoms with Crippen LogP contribution in [0.1, 0.15) is 64.9 Å². The van der Waals surface area contributed by atoms with Gasteiger partial charge in [0.05, 0.1) is 0 Å². The molecule has 0 bridgehead atoms.